The summed E-state index contributed by atoms with van der Waals surface area (Å²) in [6.45, 7) is 4.49. The normalized spacial score (nSPS) is 13.3. The molecule has 0 aliphatic carbocycles. The molecule has 1 rings (SSSR count). The lowest BCUT2D eigenvalue weighted by atomic mass is 9.98. The Morgan fingerprint density at radius 2 is 2.00 bits per heavy atom. The van der Waals surface area contributed by atoms with Crippen molar-refractivity contribution in [3.63, 3.8) is 0 Å². The largest absolute Gasteiger partial charge is 0.379 e. The smallest absolute Gasteiger partial charge is 0.234 e. The zero-order valence-electron chi connectivity index (χ0n) is 11.3. The zero-order chi connectivity index (χ0) is 13.6. The van der Waals surface area contributed by atoms with E-state index in [9.17, 15) is 4.79 Å². The van der Waals surface area contributed by atoms with Gasteiger partial charge in [-0.25, -0.2) is 0 Å². The van der Waals surface area contributed by atoms with Crippen LogP contribution in [0, 0.1) is 0 Å². The van der Waals surface area contributed by atoms with Gasteiger partial charge in [0.15, 0.2) is 0 Å². The molecule has 1 aromatic carbocycles. The Balaban J connectivity index is 2.56. The molecule has 0 saturated carbocycles. The van der Waals surface area contributed by atoms with Crippen LogP contribution >= 0.6 is 0 Å². The van der Waals surface area contributed by atoms with Crippen LogP contribution in [0.25, 0.3) is 0 Å². The summed E-state index contributed by atoms with van der Waals surface area (Å²) in [5.74, 6) is -0.351. The molecule has 4 nitrogen and oxygen atoms in total. The Hall–Kier alpha value is -1.39. The molecule has 0 heterocycles. The Kier molecular flexibility index (Phi) is 5.31. The number of methoxy groups -OCH3 is 1. The first kappa shape index (κ1) is 14.7. The van der Waals surface area contributed by atoms with Crippen LogP contribution in [0.4, 0.5) is 0 Å². The molecule has 18 heavy (non-hydrogen) atoms. The third kappa shape index (κ3) is 4.85. The van der Waals surface area contributed by atoms with Crippen molar-refractivity contribution in [1.29, 1.82) is 0 Å². The lowest BCUT2D eigenvalue weighted by Crippen LogP contribution is -2.45. The summed E-state index contributed by atoms with van der Waals surface area (Å²) in [5.41, 5.74) is 6.16. The summed E-state index contributed by atoms with van der Waals surface area (Å²) in [5, 5.41) is 3.17. The average molecular weight is 250 g/mol. The molecule has 0 aromatic heterocycles. The van der Waals surface area contributed by atoms with Crippen LogP contribution in [0.15, 0.2) is 30.3 Å². The summed E-state index contributed by atoms with van der Waals surface area (Å²) in [6, 6.07) is 9.52. The van der Waals surface area contributed by atoms with Gasteiger partial charge in [0.2, 0.25) is 5.91 Å². The zero-order valence-corrected chi connectivity index (χ0v) is 11.3. The monoisotopic (exact) mass is 250 g/mol. The van der Waals surface area contributed by atoms with E-state index < -0.39 is 0 Å². The minimum Gasteiger partial charge on any atom is -0.379 e. The highest BCUT2D eigenvalue weighted by Gasteiger charge is 2.25. The van der Waals surface area contributed by atoms with Crippen molar-refractivity contribution in [2.45, 2.75) is 38.5 Å². The van der Waals surface area contributed by atoms with Crippen LogP contribution in [0.5, 0.6) is 0 Å². The van der Waals surface area contributed by atoms with E-state index in [2.05, 4.69) is 5.32 Å². The molecule has 0 spiro atoms. The van der Waals surface area contributed by atoms with Gasteiger partial charge in [0.1, 0.15) is 0 Å². The number of benzene rings is 1. The second-order valence-corrected chi connectivity index (χ2v) is 4.99. The molecule has 1 aromatic rings. The molecule has 100 valence electrons. The van der Waals surface area contributed by atoms with Gasteiger partial charge < -0.3 is 15.8 Å². The number of carbonyl (C=O) groups is 1. The molecular weight excluding hydrogens is 228 g/mol. The van der Waals surface area contributed by atoms with E-state index in [1.807, 2.05) is 44.2 Å². The van der Waals surface area contributed by atoms with E-state index >= 15 is 0 Å². The standard InChI is InChI=1S/C14H22N2O2/c1-14(2,18-3)9-12(13(15)17)16-10-11-7-5-4-6-8-11/h4-8,12,16H,9-10H2,1-3H3,(H2,15,17). The molecule has 0 radical (unpaired) electrons. The van der Waals surface area contributed by atoms with Gasteiger partial charge >= 0.3 is 0 Å². The first-order chi connectivity index (χ1) is 8.44. The summed E-state index contributed by atoms with van der Waals surface area (Å²) >= 11 is 0. The molecule has 4 heteroatoms. The van der Waals surface area contributed by atoms with Gasteiger partial charge in [-0.05, 0) is 19.4 Å². The fourth-order valence-electron chi connectivity index (χ4n) is 1.69. The third-order valence-electron chi connectivity index (χ3n) is 2.99. The molecule has 1 unspecified atom stereocenters. The van der Waals surface area contributed by atoms with Crippen LogP contribution in [0.1, 0.15) is 25.8 Å². The van der Waals surface area contributed by atoms with Crippen LogP contribution in [0.2, 0.25) is 0 Å². The fourth-order valence-corrected chi connectivity index (χ4v) is 1.69. The average Bonchev–Trinajstić information content (AvgIpc) is 2.35. The fraction of sp³-hybridized carbons (Fsp3) is 0.500. The van der Waals surface area contributed by atoms with Gasteiger partial charge in [0.05, 0.1) is 11.6 Å². The number of rotatable bonds is 7. The van der Waals surface area contributed by atoms with Crippen LogP contribution < -0.4 is 11.1 Å². The minimum absolute atomic E-state index is 0.351. The van der Waals surface area contributed by atoms with Crippen molar-refractivity contribution in [2.24, 2.45) is 5.73 Å². The number of hydrogen-bond donors (Lipinski definition) is 2. The highest BCUT2D eigenvalue weighted by Crippen LogP contribution is 2.15. The first-order valence-corrected chi connectivity index (χ1v) is 6.06. The molecular formula is C14H22N2O2. The number of hydrogen-bond acceptors (Lipinski definition) is 3. The molecule has 0 saturated heterocycles. The van der Waals surface area contributed by atoms with Crippen molar-refractivity contribution in [3.8, 4) is 0 Å². The van der Waals surface area contributed by atoms with Crippen molar-refractivity contribution >= 4 is 5.91 Å². The summed E-state index contributed by atoms with van der Waals surface area (Å²) in [7, 11) is 1.63. The van der Waals surface area contributed by atoms with Gasteiger partial charge in [-0.1, -0.05) is 30.3 Å². The van der Waals surface area contributed by atoms with E-state index in [4.69, 9.17) is 10.5 Å². The predicted octanol–water partition coefficient (Wildman–Crippen LogP) is 1.45. The lowest BCUT2D eigenvalue weighted by Gasteiger charge is -2.27. The topological polar surface area (TPSA) is 64.3 Å². The van der Waals surface area contributed by atoms with Crippen LogP contribution in [0.3, 0.4) is 0 Å². The van der Waals surface area contributed by atoms with Crippen LogP contribution in [-0.2, 0) is 16.1 Å². The summed E-state index contributed by atoms with van der Waals surface area (Å²) < 4.78 is 5.32. The first-order valence-electron chi connectivity index (χ1n) is 6.06. The number of carbonyl (C=O) groups excluding carboxylic acids is 1. The second kappa shape index (κ2) is 6.52. The van der Waals surface area contributed by atoms with Crippen molar-refractivity contribution in [2.75, 3.05) is 7.11 Å². The molecule has 0 aliphatic rings. The maximum Gasteiger partial charge on any atom is 0.234 e. The molecule has 0 fully saturated rings. The Morgan fingerprint density at radius 1 is 1.39 bits per heavy atom. The molecule has 1 amide bonds. The van der Waals surface area contributed by atoms with Crippen molar-refractivity contribution in [3.05, 3.63) is 35.9 Å². The van der Waals surface area contributed by atoms with E-state index in [0.717, 1.165) is 5.56 Å². The highest BCUT2D eigenvalue weighted by atomic mass is 16.5. The van der Waals surface area contributed by atoms with Gasteiger partial charge in [-0.2, -0.15) is 0 Å². The third-order valence-corrected chi connectivity index (χ3v) is 2.99. The maximum atomic E-state index is 11.4. The molecule has 0 bridgehead atoms. The maximum absolute atomic E-state index is 11.4. The molecule has 0 aliphatic heterocycles. The van der Waals surface area contributed by atoms with E-state index in [1.54, 1.807) is 7.11 Å². The second-order valence-electron chi connectivity index (χ2n) is 4.99. The van der Waals surface area contributed by atoms with E-state index in [0.29, 0.717) is 13.0 Å². The number of nitrogens with one attached hydrogen (secondary N) is 1. The number of ether oxygens (including phenoxy) is 1. The number of primary amides is 1. The quantitative estimate of drug-likeness (QED) is 0.769. The molecule has 3 N–H and O–H groups in total. The highest BCUT2D eigenvalue weighted by molar-refractivity contribution is 5.79. The van der Waals surface area contributed by atoms with Gasteiger partial charge in [-0.15, -0.1) is 0 Å². The lowest BCUT2D eigenvalue weighted by molar-refractivity contribution is -0.122. The van der Waals surface area contributed by atoms with Gasteiger partial charge in [-0.3, -0.25) is 4.79 Å². The molecule has 1 atom stereocenters. The van der Waals surface area contributed by atoms with Crippen molar-refractivity contribution < 1.29 is 9.53 Å². The Morgan fingerprint density at radius 3 is 2.50 bits per heavy atom. The number of amides is 1. The summed E-state index contributed by atoms with van der Waals surface area (Å²) in [6.07, 6.45) is 0.547. The van der Waals surface area contributed by atoms with E-state index in [1.165, 1.54) is 0 Å². The van der Waals surface area contributed by atoms with Crippen LogP contribution in [-0.4, -0.2) is 24.7 Å². The number of nitrogens with two attached hydrogens (primary N) is 1. The summed E-state index contributed by atoms with van der Waals surface area (Å²) in [4.78, 5) is 11.4. The van der Waals surface area contributed by atoms with Gasteiger partial charge in [0, 0.05) is 20.1 Å². The van der Waals surface area contributed by atoms with Crippen molar-refractivity contribution in [1.82, 2.24) is 5.32 Å². The Bertz CT molecular complexity index is 377. The van der Waals surface area contributed by atoms with Gasteiger partial charge in [0.25, 0.3) is 0 Å². The van der Waals surface area contributed by atoms with E-state index in [-0.39, 0.29) is 17.6 Å². The Labute approximate surface area is 109 Å². The SMILES string of the molecule is COC(C)(C)CC(NCc1ccccc1)C(N)=O. The minimum atomic E-state index is -0.389. The predicted molar refractivity (Wildman–Crippen MR) is 72.0 cm³/mol.